The van der Waals surface area contributed by atoms with Gasteiger partial charge in [-0.2, -0.15) is 0 Å². The van der Waals surface area contributed by atoms with Gasteiger partial charge in [-0.05, 0) is 18.9 Å². The molecule has 0 bridgehead atoms. The number of hydrogen-bond acceptors (Lipinski definition) is 4. The number of rotatable bonds is 3. The van der Waals surface area contributed by atoms with Crippen molar-refractivity contribution in [1.82, 2.24) is 14.9 Å². The Morgan fingerprint density at radius 1 is 1.39 bits per heavy atom. The number of aromatic amines is 1. The number of phenols is 1. The average Bonchev–Trinajstić information content (AvgIpc) is 3.37. The summed E-state index contributed by atoms with van der Waals surface area (Å²) in [5.74, 6) is 0.322. The molecule has 1 aromatic carbocycles. The molecule has 120 valence electrons. The van der Waals surface area contributed by atoms with E-state index in [0.29, 0.717) is 36.6 Å². The lowest BCUT2D eigenvalue weighted by Crippen LogP contribution is -2.35. The molecule has 1 aliphatic heterocycles. The van der Waals surface area contributed by atoms with E-state index in [1.807, 2.05) is 4.90 Å². The van der Waals surface area contributed by atoms with Crippen molar-refractivity contribution >= 4 is 0 Å². The average molecular weight is 315 g/mol. The predicted molar refractivity (Wildman–Crippen MR) is 82.7 cm³/mol. The predicted octanol–water partition coefficient (Wildman–Crippen LogP) is 2.05. The molecule has 1 aromatic heterocycles. The Balaban J connectivity index is 1.57. The van der Waals surface area contributed by atoms with Crippen LogP contribution >= 0.6 is 0 Å². The molecule has 6 heteroatoms. The van der Waals surface area contributed by atoms with Crippen LogP contribution in [-0.2, 0) is 19.5 Å². The number of hydrogen-bond donors (Lipinski definition) is 2. The van der Waals surface area contributed by atoms with Crippen LogP contribution in [-0.4, -0.2) is 26.5 Å². The van der Waals surface area contributed by atoms with E-state index in [1.54, 1.807) is 12.1 Å². The highest BCUT2D eigenvalue weighted by molar-refractivity contribution is 5.33. The zero-order chi connectivity index (χ0) is 16.0. The van der Waals surface area contributed by atoms with Gasteiger partial charge in [0.25, 0.3) is 5.56 Å². The Kier molecular flexibility index (Phi) is 3.41. The zero-order valence-corrected chi connectivity index (χ0v) is 12.7. The SMILES string of the molecule is O=c1[nH]c(C2CC2)nc2c1CN(Cc1cccc(F)c1O)CC2. The number of nitrogens with one attached hydrogen (secondary N) is 1. The Morgan fingerprint density at radius 3 is 3.00 bits per heavy atom. The molecule has 23 heavy (non-hydrogen) atoms. The molecule has 1 aliphatic carbocycles. The molecule has 2 aliphatic rings. The minimum absolute atomic E-state index is 0.0648. The lowest BCUT2D eigenvalue weighted by molar-refractivity contribution is 0.237. The lowest BCUT2D eigenvalue weighted by Gasteiger charge is -2.28. The van der Waals surface area contributed by atoms with Crippen molar-refractivity contribution in [2.75, 3.05) is 6.54 Å². The second-order valence-electron chi connectivity index (χ2n) is 6.36. The summed E-state index contributed by atoms with van der Waals surface area (Å²) in [5, 5.41) is 9.80. The van der Waals surface area contributed by atoms with E-state index in [4.69, 9.17) is 0 Å². The Bertz CT molecular complexity index is 814. The molecular formula is C17H18FN3O2. The number of fused-ring (bicyclic) bond motifs is 1. The van der Waals surface area contributed by atoms with Gasteiger partial charge in [-0.25, -0.2) is 9.37 Å². The van der Waals surface area contributed by atoms with Crippen molar-refractivity contribution in [2.24, 2.45) is 0 Å². The molecule has 0 spiro atoms. The van der Waals surface area contributed by atoms with Crippen molar-refractivity contribution < 1.29 is 9.50 Å². The smallest absolute Gasteiger partial charge is 0.255 e. The number of aromatic hydroxyl groups is 1. The van der Waals surface area contributed by atoms with Crippen LogP contribution in [0.15, 0.2) is 23.0 Å². The molecule has 0 radical (unpaired) electrons. The van der Waals surface area contributed by atoms with Gasteiger partial charge in [0.05, 0.1) is 11.3 Å². The first-order chi connectivity index (χ1) is 11.1. The van der Waals surface area contributed by atoms with E-state index in [0.717, 1.165) is 30.9 Å². The molecule has 2 heterocycles. The summed E-state index contributed by atoms with van der Waals surface area (Å²) in [6, 6.07) is 4.52. The minimum Gasteiger partial charge on any atom is -0.505 e. The summed E-state index contributed by atoms with van der Waals surface area (Å²) in [5.41, 5.74) is 2.05. The van der Waals surface area contributed by atoms with Crippen LogP contribution in [0.5, 0.6) is 5.75 Å². The largest absolute Gasteiger partial charge is 0.505 e. The van der Waals surface area contributed by atoms with E-state index in [-0.39, 0.29) is 11.3 Å². The van der Waals surface area contributed by atoms with Crippen molar-refractivity contribution in [2.45, 2.75) is 38.3 Å². The number of aromatic nitrogens is 2. The summed E-state index contributed by atoms with van der Waals surface area (Å²) in [4.78, 5) is 21.9. The minimum atomic E-state index is -0.617. The monoisotopic (exact) mass is 315 g/mol. The zero-order valence-electron chi connectivity index (χ0n) is 12.7. The van der Waals surface area contributed by atoms with Gasteiger partial charge in [-0.3, -0.25) is 9.69 Å². The van der Waals surface area contributed by atoms with Gasteiger partial charge >= 0.3 is 0 Å². The fraction of sp³-hybridized carbons (Fsp3) is 0.412. The molecular weight excluding hydrogens is 297 g/mol. The standard InChI is InChI=1S/C17H18FN3O2/c18-13-3-1-2-11(15(13)22)8-21-7-6-14-12(9-21)17(23)20-16(19-14)10-4-5-10/h1-3,10,22H,4-9H2,(H,19,20,23). The summed E-state index contributed by atoms with van der Waals surface area (Å²) < 4.78 is 13.4. The van der Waals surface area contributed by atoms with Crippen molar-refractivity contribution in [3.05, 3.63) is 57.0 Å². The maximum atomic E-state index is 13.4. The van der Waals surface area contributed by atoms with Gasteiger partial charge in [-0.15, -0.1) is 0 Å². The Labute approximate surface area is 132 Å². The highest BCUT2D eigenvalue weighted by Crippen LogP contribution is 2.37. The second-order valence-corrected chi connectivity index (χ2v) is 6.36. The summed E-state index contributed by atoms with van der Waals surface area (Å²) >= 11 is 0. The number of nitrogens with zero attached hydrogens (tertiary/aromatic N) is 2. The number of halogens is 1. The molecule has 0 unspecified atom stereocenters. The van der Waals surface area contributed by atoms with Gasteiger partial charge in [0, 0.05) is 37.5 Å². The van der Waals surface area contributed by atoms with Crippen LogP contribution in [0.4, 0.5) is 4.39 Å². The quantitative estimate of drug-likeness (QED) is 0.909. The molecule has 0 saturated heterocycles. The second kappa shape index (κ2) is 5.45. The van der Waals surface area contributed by atoms with Gasteiger partial charge in [0.15, 0.2) is 11.6 Å². The number of H-pyrrole nitrogens is 1. The van der Waals surface area contributed by atoms with Crippen LogP contribution in [0.2, 0.25) is 0 Å². The molecule has 5 nitrogen and oxygen atoms in total. The Hall–Kier alpha value is -2.21. The van der Waals surface area contributed by atoms with Crippen LogP contribution in [0.1, 0.15) is 41.4 Å². The third-order valence-corrected chi connectivity index (χ3v) is 4.59. The topological polar surface area (TPSA) is 69.2 Å². The first kappa shape index (κ1) is 14.4. The van der Waals surface area contributed by atoms with Crippen molar-refractivity contribution in [3.63, 3.8) is 0 Å². The van der Waals surface area contributed by atoms with Crippen molar-refractivity contribution in [3.8, 4) is 5.75 Å². The van der Waals surface area contributed by atoms with Crippen LogP contribution in [0, 0.1) is 5.82 Å². The van der Waals surface area contributed by atoms with Crippen LogP contribution < -0.4 is 5.56 Å². The number of phenolic OH excluding ortho intramolecular Hbond substituents is 1. The summed E-state index contributed by atoms with van der Waals surface area (Å²) in [7, 11) is 0. The summed E-state index contributed by atoms with van der Waals surface area (Å²) in [6.45, 7) is 1.62. The molecule has 1 saturated carbocycles. The van der Waals surface area contributed by atoms with Gasteiger partial charge in [-0.1, -0.05) is 12.1 Å². The van der Waals surface area contributed by atoms with E-state index in [9.17, 15) is 14.3 Å². The fourth-order valence-corrected chi connectivity index (χ4v) is 3.11. The first-order valence-electron chi connectivity index (χ1n) is 7.92. The van der Waals surface area contributed by atoms with E-state index in [2.05, 4.69) is 9.97 Å². The normalized spacial score (nSPS) is 18.0. The van der Waals surface area contributed by atoms with Crippen molar-refractivity contribution in [1.29, 1.82) is 0 Å². The highest BCUT2D eigenvalue weighted by atomic mass is 19.1. The first-order valence-corrected chi connectivity index (χ1v) is 7.92. The molecule has 2 aromatic rings. The maximum absolute atomic E-state index is 13.4. The molecule has 4 rings (SSSR count). The van der Waals surface area contributed by atoms with Crippen LogP contribution in [0.25, 0.3) is 0 Å². The molecule has 1 fully saturated rings. The third kappa shape index (κ3) is 2.74. The summed E-state index contributed by atoms with van der Waals surface area (Å²) in [6.07, 6.45) is 2.91. The van der Waals surface area contributed by atoms with E-state index < -0.39 is 5.82 Å². The van der Waals surface area contributed by atoms with Gasteiger partial charge in [0.2, 0.25) is 0 Å². The van der Waals surface area contributed by atoms with Crippen LogP contribution in [0.3, 0.4) is 0 Å². The molecule has 2 N–H and O–H groups in total. The molecule has 0 amide bonds. The Morgan fingerprint density at radius 2 is 2.22 bits per heavy atom. The number of para-hydroxylation sites is 1. The van der Waals surface area contributed by atoms with Gasteiger partial charge in [0.1, 0.15) is 5.82 Å². The highest BCUT2D eigenvalue weighted by Gasteiger charge is 2.29. The lowest BCUT2D eigenvalue weighted by atomic mass is 10.1. The third-order valence-electron chi connectivity index (χ3n) is 4.59. The van der Waals surface area contributed by atoms with Gasteiger partial charge < -0.3 is 10.1 Å². The van der Waals surface area contributed by atoms with E-state index in [1.165, 1.54) is 6.07 Å². The van der Waals surface area contributed by atoms with E-state index >= 15 is 0 Å². The maximum Gasteiger partial charge on any atom is 0.255 e. The number of benzene rings is 1. The molecule has 0 atom stereocenters. The fourth-order valence-electron chi connectivity index (χ4n) is 3.11.